The fourth-order valence-corrected chi connectivity index (χ4v) is 1.49. The van der Waals surface area contributed by atoms with Crippen LogP contribution in [0.5, 0.6) is 0 Å². The average Bonchev–Trinajstić information content (AvgIpc) is 2.79. The van der Waals surface area contributed by atoms with E-state index in [0.717, 1.165) is 18.9 Å². The Kier molecular flexibility index (Phi) is 2.95. The number of hydrogen-bond acceptors (Lipinski definition) is 4. The smallest absolute Gasteiger partial charge is 0.276 e. The van der Waals surface area contributed by atoms with Gasteiger partial charge in [0.2, 0.25) is 0 Å². The lowest BCUT2D eigenvalue weighted by molar-refractivity contribution is -0.385. The minimum absolute atomic E-state index is 0.109. The Morgan fingerprint density at radius 2 is 2.19 bits per heavy atom. The van der Waals surface area contributed by atoms with Gasteiger partial charge in [-0.3, -0.25) is 15.1 Å². The van der Waals surface area contributed by atoms with Crippen LogP contribution in [0.2, 0.25) is 0 Å². The van der Waals surface area contributed by atoms with Crippen LogP contribution >= 0.6 is 0 Å². The molecule has 0 aliphatic carbocycles. The van der Waals surface area contributed by atoms with Crippen molar-refractivity contribution in [3.8, 4) is 0 Å². The molecule has 0 atom stereocenters. The predicted octanol–water partition coefficient (Wildman–Crippen LogP) is 1.61. The molecule has 1 aliphatic heterocycles. The summed E-state index contributed by atoms with van der Waals surface area (Å²) in [5.74, 6) is 0.776. The van der Waals surface area contributed by atoms with Gasteiger partial charge in [-0.1, -0.05) is 12.1 Å². The van der Waals surface area contributed by atoms with Crippen LogP contribution in [0, 0.1) is 10.1 Å². The zero-order chi connectivity index (χ0) is 11.4. The summed E-state index contributed by atoms with van der Waals surface area (Å²) in [7, 11) is 0. The molecule has 0 fully saturated rings. The summed E-state index contributed by atoms with van der Waals surface area (Å²) in [6.45, 7) is 1.59. The van der Waals surface area contributed by atoms with Gasteiger partial charge in [-0.05, 0) is 18.2 Å². The van der Waals surface area contributed by atoms with Crippen molar-refractivity contribution in [3.63, 3.8) is 0 Å². The van der Waals surface area contributed by atoms with Crippen LogP contribution in [-0.2, 0) is 0 Å². The molecule has 16 heavy (non-hydrogen) atoms. The maximum atomic E-state index is 10.7. The van der Waals surface area contributed by atoms with E-state index in [4.69, 9.17) is 0 Å². The standard InChI is InChI=1S/C11H11N3O2/c15-14(16)10-4-2-1-3-9(10)5-6-11-12-7-8-13-11/h1-6H,7-8H2,(H,12,13)/b6-5+. The summed E-state index contributed by atoms with van der Waals surface area (Å²) in [6, 6.07) is 6.63. The highest BCUT2D eigenvalue weighted by molar-refractivity contribution is 5.97. The van der Waals surface area contributed by atoms with Crippen molar-refractivity contribution in [3.05, 3.63) is 46.0 Å². The lowest BCUT2D eigenvalue weighted by Crippen LogP contribution is -2.15. The summed E-state index contributed by atoms with van der Waals surface area (Å²) >= 11 is 0. The van der Waals surface area contributed by atoms with Crippen LogP contribution in [0.4, 0.5) is 5.69 Å². The summed E-state index contributed by atoms with van der Waals surface area (Å²) in [6.07, 6.45) is 3.46. The maximum Gasteiger partial charge on any atom is 0.276 e. The Bertz CT molecular complexity index is 466. The second-order valence-corrected chi connectivity index (χ2v) is 3.34. The number of nitrogens with zero attached hydrogens (tertiary/aromatic N) is 2. The van der Waals surface area contributed by atoms with Crippen molar-refractivity contribution in [1.82, 2.24) is 5.32 Å². The number of rotatable bonds is 3. The molecule has 0 saturated carbocycles. The molecule has 82 valence electrons. The molecule has 0 radical (unpaired) electrons. The summed E-state index contributed by atoms with van der Waals surface area (Å²) < 4.78 is 0. The molecule has 0 amide bonds. The lowest BCUT2D eigenvalue weighted by atomic mass is 10.1. The first-order chi connectivity index (χ1) is 7.77. The molecule has 0 spiro atoms. The molecule has 5 heteroatoms. The SMILES string of the molecule is O=[N+]([O-])c1ccccc1/C=C/C1=NCCN1. The van der Waals surface area contributed by atoms with Gasteiger partial charge in [0, 0.05) is 12.6 Å². The predicted molar refractivity (Wildman–Crippen MR) is 62.4 cm³/mol. The molecule has 0 bridgehead atoms. The molecule has 0 saturated heterocycles. The molecule has 2 rings (SSSR count). The molecule has 1 N–H and O–H groups in total. The second kappa shape index (κ2) is 4.57. The third-order valence-corrected chi connectivity index (χ3v) is 2.25. The van der Waals surface area contributed by atoms with E-state index >= 15 is 0 Å². The number of nitro benzene ring substituents is 1. The van der Waals surface area contributed by atoms with Gasteiger partial charge in [-0.2, -0.15) is 0 Å². The number of aliphatic imine (C=N–C) groups is 1. The minimum Gasteiger partial charge on any atom is -0.369 e. The molecule has 0 unspecified atom stereocenters. The van der Waals surface area contributed by atoms with Crippen LogP contribution in [0.1, 0.15) is 5.56 Å². The van der Waals surface area contributed by atoms with Crippen molar-refractivity contribution in [2.75, 3.05) is 13.1 Å². The topological polar surface area (TPSA) is 67.5 Å². The van der Waals surface area contributed by atoms with E-state index < -0.39 is 0 Å². The fourth-order valence-electron chi connectivity index (χ4n) is 1.49. The van der Waals surface area contributed by atoms with Gasteiger partial charge in [-0.15, -0.1) is 0 Å². The van der Waals surface area contributed by atoms with Gasteiger partial charge in [0.25, 0.3) is 5.69 Å². The number of para-hydroxylation sites is 1. The molecular weight excluding hydrogens is 206 g/mol. The van der Waals surface area contributed by atoms with E-state index in [-0.39, 0.29) is 10.6 Å². The average molecular weight is 217 g/mol. The molecule has 1 aliphatic rings. The summed E-state index contributed by atoms with van der Waals surface area (Å²) in [5, 5.41) is 13.8. The Balaban J connectivity index is 2.23. The fraction of sp³-hybridized carbons (Fsp3) is 0.182. The van der Waals surface area contributed by atoms with Crippen molar-refractivity contribution in [2.45, 2.75) is 0 Å². The van der Waals surface area contributed by atoms with Crippen molar-refractivity contribution >= 4 is 17.6 Å². The molecule has 1 aromatic rings. The Labute approximate surface area is 92.7 Å². The van der Waals surface area contributed by atoms with Crippen LogP contribution in [0.15, 0.2) is 35.3 Å². The maximum absolute atomic E-state index is 10.7. The first kappa shape index (κ1) is 10.4. The Morgan fingerprint density at radius 3 is 2.88 bits per heavy atom. The van der Waals surface area contributed by atoms with Gasteiger partial charge in [0.1, 0.15) is 5.84 Å². The van der Waals surface area contributed by atoms with Gasteiger partial charge < -0.3 is 5.32 Å². The van der Waals surface area contributed by atoms with Gasteiger partial charge in [-0.25, -0.2) is 0 Å². The highest BCUT2D eigenvalue weighted by atomic mass is 16.6. The Morgan fingerprint density at radius 1 is 1.38 bits per heavy atom. The minimum atomic E-state index is -0.385. The molecular formula is C11H11N3O2. The van der Waals surface area contributed by atoms with E-state index in [1.165, 1.54) is 6.07 Å². The zero-order valence-electron chi connectivity index (χ0n) is 8.59. The number of amidine groups is 1. The van der Waals surface area contributed by atoms with Gasteiger partial charge >= 0.3 is 0 Å². The molecule has 5 nitrogen and oxygen atoms in total. The first-order valence-corrected chi connectivity index (χ1v) is 4.97. The number of nitrogens with one attached hydrogen (secondary N) is 1. The van der Waals surface area contributed by atoms with Gasteiger partial charge in [0.15, 0.2) is 0 Å². The van der Waals surface area contributed by atoms with Crippen LogP contribution in [-0.4, -0.2) is 23.8 Å². The van der Waals surface area contributed by atoms with E-state index in [0.29, 0.717) is 5.56 Å². The Hall–Kier alpha value is -2.17. The first-order valence-electron chi connectivity index (χ1n) is 4.97. The van der Waals surface area contributed by atoms with Gasteiger partial charge in [0.05, 0.1) is 17.0 Å². The van der Waals surface area contributed by atoms with E-state index in [1.54, 1.807) is 30.4 Å². The van der Waals surface area contributed by atoms with E-state index in [2.05, 4.69) is 10.3 Å². The second-order valence-electron chi connectivity index (χ2n) is 3.34. The number of nitro groups is 1. The summed E-state index contributed by atoms with van der Waals surface area (Å²) in [5.41, 5.74) is 0.696. The van der Waals surface area contributed by atoms with Crippen LogP contribution in [0.25, 0.3) is 6.08 Å². The lowest BCUT2D eigenvalue weighted by Gasteiger charge is -1.97. The van der Waals surface area contributed by atoms with E-state index in [1.807, 2.05) is 0 Å². The zero-order valence-corrected chi connectivity index (χ0v) is 8.59. The van der Waals surface area contributed by atoms with Crippen molar-refractivity contribution in [2.24, 2.45) is 4.99 Å². The highest BCUT2D eigenvalue weighted by Crippen LogP contribution is 2.18. The van der Waals surface area contributed by atoms with E-state index in [9.17, 15) is 10.1 Å². The van der Waals surface area contributed by atoms with Crippen LogP contribution < -0.4 is 5.32 Å². The molecule has 1 heterocycles. The largest absolute Gasteiger partial charge is 0.369 e. The monoisotopic (exact) mass is 217 g/mol. The number of hydrogen-bond donors (Lipinski definition) is 1. The molecule has 0 aromatic heterocycles. The van der Waals surface area contributed by atoms with Crippen LogP contribution in [0.3, 0.4) is 0 Å². The number of benzene rings is 1. The third kappa shape index (κ3) is 2.25. The van der Waals surface area contributed by atoms with Crippen molar-refractivity contribution in [1.29, 1.82) is 0 Å². The normalized spacial score (nSPS) is 14.9. The highest BCUT2D eigenvalue weighted by Gasteiger charge is 2.09. The quantitative estimate of drug-likeness (QED) is 0.617. The third-order valence-electron chi connectivity index (χ3n) is 2.25. The summed E-state index contributed by atoms with van der Waals surface area (Å²) in [4.78, 5) is 14.5. The molecule has 1 aromatic carbocycles. The van der Waals surface area contributed by atoms with Crippen molar-refractivity contribution < 1.29 is 4.92 Å².